The summed E-state index contributed by atoms with van der Waals surface area (Å²) in [6.45, 7) is 4.37. The third-order valence-corrected chi connectivity index (χ3v) is 5.67. The van der Waals surface area contributed by atoms with Gasteiger partial charge in [-0.3, -0.25) is 0 Å². The van der Waals surface area contributed by atoms with Gasteiger partial charge in [-0.1, -0.05) is 37.6 Å². The van der Waals surface area contributed by atoms with E-state index in [2.05, 4.69) is 5.32 Å². The van der Waals surface area contributed by atoms with Crippen LogP contribution in [0.4, 0.5) is 23.2 Å². The number of anilines is 1. The van der Waals surface area contributed by atoms with Gasteiger partial charge < -0.3 is 10.2 Å². The number of nitrogens with one attached hydrogen (secondary N) is 1. The molecule has 1 aliphatic heterocycles. The van der Waals surface area contributed by atoms with Gasteiger partial charge in [0, 0.05) is 37.1 Å². The summed E-state index contributed by atoms with van der Waals surface area (Å²) in [7, 11) is 1.83. The molecule has 0 aromatic heterocycles. The highest BCUT2D eigenvalue weighted by Gasteiger charge is 2.45. The molecule has 2 aromatic rings. The maximum Gasteiger partial charge on any atom is 0.395 e. The van der Waals surface area contributed by atoms with Gasteiger partial charge in [0.05, 0.1) is 5.92 Å². The fourth-order valence-corrected chi connectivity index (χ4v) is 3.90. The number of alkyl halides is 3. The average Bonchev–Trinajstić information content (AvgIpc) is 2.67. The molecule has 2 atom stereocenters. The van der Waals surface area contributed by atoms with E-state index in [0.29, 0.717) is 30.8 Å². The third kappa shape index (κ3) is 4.74. The standard InChI is InChI=1S/C23H26F4N2/c1-4-16-14-29(3)22(12-20(16)23(25,26)27)17-8-10-18(11-9-17)28-13-19-15(2)6-5-7-21(19)24/h5-12,16,20,28H,4,13-14H2,1-3H3. The van der Waals surface area contributed by atoms with Crippen molar-refractivity contribution in [3.8, 4) is 0 Å². The van der Waals surface area contributed by atoms with Crippen LogP contribution in [0.5, 0.6) is 0 Å². The van der Waals surface area contributed by atoms with Crippen LogP contribution in [0.1, 0.15) is 30.0 Å². The lowest BCUT2D eigenvalue weighted by Crippen LogP contribution is -2.40. The predicted octanol–water partition coefficient (Wildman–Crippen LogP) is 6.24. The van der Waals surface area contributed by atoms with Gasteiger partial charge in [-0.05, 0) is 48.2 Å². The van der Waals surface area contributed by atoms with Crippen molar-refractivity contribution in [2.45, 2.75) is 33.0 Å². The molecule has 3 rings (SSSR count). The molecule has 0 aliphatic carbocycles. The van der Waals surface area contributed by atoms with Gasteiger partial charge in [-0.25, -0.2) is 4.39 Å². The van der Waals surface area contributed by atoms with Crippen LogP contribution in [-0.2, 0) is 6.54 Å². The Bertz CT molecular complexity index is 851. The van der Waals surface area contributed by atoms with E-state index in [1.807, 2.05) is 37.1 Å². The summed E-state index contributed by atoms with van der Waals surface area (Å²) < 4.78 is 54.4. The van der Waals surface area contributed by atoms with E-state index in [0.717, 1.165) is 16.8 Å². The predicted molar refractivity (Wildman–Crippen MR) is 109 cm³/mol. The largest absolute Gasteiger partial charge is 0.395 e. The molecule has 0 saturated carbocycles. The Morgan fingerprint density at radius 3 is 2.38 bits per heavy atom. The summed E-state index contributed by atoms with van der Waals surface area (Å²) in [4.78, 5) is 1.89. The van der Waals surface area contributed by atoms with Gasteiger partial charge in [0.25, 0.3) is 0 Å². The number of halogens is 4. The minimum Gasteiger partial charge on any atom is -0.381 e. The number of nitrogens with zero attached hydrogens (tertiary/aromatic N) is 1. The molecule has 0 radical (unpaired) electrons. The molecule has 29 heavy (non-hydrogen) atoms. The lowest BCUT2D eigenvalue weighted by Gasteiger charge is -2.37. The molecule has 6 heteroatoms. The van der Waals surface area contributed by atoms with Gasteiger partial charge >= 0.3 is 6.18 Å². The van der Waals surface area contributed by atoms with Crippen LogP contribution in [0.15, 0.2) is 48.5 Å². The first-order valence-corrected chi connectivity index (χ1v) is 9.78. The maximum atomic E-state index is 14.0. The quantitative estimate of drug-likeness (QED) is 0.592. The Balaban J connectivity index is 1.78. The van der Waals surface area contributed by atoms with E-state index >= 15 is 0 Å². The fraction of sp³-hybridized carbons (Fsp3) is 0.391. The van der Waals surface area contributed by atoms with Crippen LogP contribution in [-0.4, -0.2) is 24.7 Å². The van der Waals surface area contributed by atoms with Crippen molar-refractivity contribution in [1.82, 2.24) is 4.90 Å². The lowest BCUT2D eigenvalue weighted by atomic mass is 9.84. The molecular formula is C23H26F4N2. The molecule has 2 unspecified atom stereocenters. The van der Waals surface area contributed by atoms with Crippen LogP contribution in [0, 0.1) is 24.6 Å². The SMILES string of the molecule is CCC1CN(C)C(c2ccc(NCc3c(C)cccc3F)cc2)=CC1C(F)(F)F. The van der Waals surface area contributed by atoms with E-state index in [4.69, 9.17) is 0 Å². The molecular weight excluding hydrogens is 380 g/mol. The molecule has 0 bridgehead atoms. The highest BCUT2D eigenvalue weighted by atomic mass is 19.4. The molecule has 1 heterocycles. The minimum absolute atomic E-state index is 0.258. The van der Waals surface area contributed by atoms with Crippen molar-refractivity contribution in [2.75, 3.05) is 18.9 Å². The lowest BCUT2D eigenvalue weighted by molar-refractivity contribution is -0.176. The average molecular weight is 406 g/mol. The van der Waals surface area contributed by atoms with E-state index < -0.39 is 18.0 Å². The van der Waals surface area contributed by atoms with Gasteiger partial charge in [-0.15, -0.1) is 0 Å². The molecule has 0 spiro atoms. The van der Waals surface area contributed by atoms with Gasteiger partial charge in [-0.2, -0.15) is 13.2 Å². The van der Waals surface area contributed by atoms with Crippen molar-refractivity contribution < 1.29 is 17.6 Å². The Morgan fingerprint density at radius 2 is 1.79 bits per heavy atom. The number of hydrogen-bond acceptors (Lipinski definition) is 2. The first kappa shape index (κ1) is 21.2. The van der Waals surface area contributed by atoms with Crippen LogP contribution in [0.3, 0.4) is 0 Å². The van der Waals surface area contributed by atoms with E-state index in [1.165, 1.54) is 12.1 Å². The van der Waals surface area contributed by atoms with Crippen molar-refractivity contribution in [2.24, 2.45) is 11.8 Å². The summed E-state index contributed by atoms with van der Waals surface area (Å²) in [6.07, 6.45) is -2.41. The second-order valence-corrected chi connectivity index (χ2v) is 7.63. The van der Waals surface area contributed by atoms with Crippen LogP contribution in [0.2, 0.25) is 0 Å². The zero-order chi connectivity index (χ0) is 21.2. The topological polar surface area (TPSA) is 15.3 Å². The molecule has 0 amide bonds. The zero-order valence-electron chi connectivity index (χ0n) is 16.9. The van der Waals surface area contributed by atoms with E-state index in [1.54, 1.807) is 25.1 Å². The van der Waals surface area contributed by atoms with Gasteiger partial charge in [0.1, 0.15) is 5.82 Å². The molecule has 2 nitrogen and oxygen atoms in total. The van der Waals surface area contributed by atoms with Crippen LogP contribution >= 0.6 is 0 Å². The van der Waals surface area contributed by atoms with Gasteiger partial charge in [0.15, 0.2) is 0 Å². The molecule has 156 valence electrons. The highest BCUT2D eigenvalue weighted by Crippen LogP contribution is 2.41. The Labute approximate surface area is 169 Å². The molecule has 0 saturated heterocycles. The maximum absolute atomic E-state index is 14.0. The summed E-state index contributed by atoms with van der Waals surface area (Å²) >= 11 is 0. The molecule has 1 N–H and O–H groups in total. The van der Waals surface area contributed by atoms with Crippen molar-refractivity contribution in [1.29, 1.82) is 0 Å². The summed E-state index contributed by atoms with van der Waals surface area (Å²) in [5.74, 6) is -2.12. The second-order valence-electron chi connectivity index (χ2n) is 7.63. The first-order valence-electron chi connectivity index (χ1n) is 9.78. The Hall–Kier alpha value is -2.50. The third-order valence-electron chi connectivity index (χ3n) is 5.67. The van der Waals surface area contributed by atoms with Crippen molar-refractivity contribution in [3.05, 3.63) is 71.0 Å². The number of aryl methyl sites for hydroxylation is 1. The van der Waals surface area contributed by atoms with E-state index in [9.17, 15) is 17.6 Å². The Morgan fingerprint density at radius 1 is 1.10 bits per heavy atom. The summed E-state index contributed by atoms with van der Waals surface area (Å²) in [6, 6.07) is 12.2. The normalized spacial score (nSPS) is 19.8. The monoisotopic (exact) mass is 406 g/mol. The number of hydrogen-bond donors (Lipinski definition) is 1. The smallest absolute Gasteiger partial charge is 0.381 e. The second kappa shape index (κ2) is 8.47. The zero-order valence-corrected chi connectivity index (χ0v) is 16.9. The number of rotatable bonds is 5. The van der Waals surface area contributed by atoms with Crippen molar-refractivity contribution in [3.63, 3.8) is 0 Å². The molecule has 1 aliphatic rings. The first-order chi connectivity index (χ1) is 13.7. The van der Waals surface area contributed by atoms with E-state index in [-0.39, 0.29) is 5.82 Å². The number of allylic oxidation sites excluding steroid dienone is 1. The number of benzene rings is 2. The van der Waals surface area contributed by atoms with Crippen LogP contribution in [0.25, 0.3) is 5.70 Å². The molecule has 2 aromatic carbocycles. The summed E-state index contributed by atoms with van der Waals surface area (Å²) in [5, 5.41) is 3.18. The van der Waals surface area contributed by atoms with Crippen molar-refractivity contribution >= 4 is 11.4 Å². The minimum atomic E-state index is -4.24. The van der Waals surface area contributed by atoms with Crippen LogP contribution < -0.4 is 5.32 Å². The molecule has 0 fully saturated rings. The van der Waals surface area contributed by atoms with Gasteiger partial charge in [0.2, 0.25) is 0 Å². The fourth-order valence-electron chi connectivity index (χ4n) is 3.90. The highest BCUT2D eigenvalue weighted by molar-refractivity contribution is 5.67. The summed E-state index contributed by atoms with van der Waals surface area (Å²) in [5.41, 5.74) is 3.59. The Kier molecular flexibility index (Phi) is 6.20.